The Kier molecular flexibility index (Phi) is 8.24. The number of halogens is 2. The largest absolute Gasteiger partial charge is 0.205 e. The molecule has 3 rings (SSSR count). The van der Waals surface area contributed by atoms with Crippen molar-refractivity contribution in [3.8, 4) is 23.0 Å². The van der Waals surface area contributed by atoms with Gasteiger partial charge in [0.2, 0.25) is 0 Å². The summed E-state index contributed by atoms with van der Waals surface area (Å²) in [5, 5.41) is 2.09. The van der Waals surface area contributed by atoms with E-state index >= 15 is 0 Å². The van der Waals surface area contributed by atoms with E-state index < -0.39 is 11.6 Å². The smallest absolute Gasteiger partial charge is 0.143 e. The Balaban J connectivity index is 1.70. The maximum absolute atomic E-state index is 14.1. The number of nitrogens with zero attached hydrogens (tertiary/aromatic N) is 1. The van der Waals surface area contributed by atoms with Crippen LogP contribution < -0.4 is 0 Å². The van der Waals surface area contributed by atoms with Gasteiger partial charge in [-0.05, 0) is 53.9 Å². The molecule has 0 radical (unpaired) electrons. The Bertz CT molecular complexity index is 1110. The van der Waals surface area contributed by atoms with Crippen molar-refractivity contribution in [3.05, 3.63) is 89.0 Å². The predicted molar refractivity (Wildman–Crippen MR) is 127 cm³/mol. The van der Waals surface area contributed by atoms with E-state index in [1.54, 1.807) is 0 Å². The highest BCUT2D eigenvalue weighted by atomic mass is 32.1. The number of rotatable bonds is 7. The van der Waals surface area contributed by atoms with E-state index in [4.69, 9.17) is 0 Å². The van der Waals surface area contributed by atoms with Gasteiger partial charge in [-0.15, -0.1) is 0 Å². The highest BCUT2D eigenvalue weighted by molar-refractivity contribution is 7.78. The topological polar surface area (TPSA) is 12.4 Å². The van der Waals surface area contributed by atoms with Gasteiger partial charge in [0.15, 0.2) is 0 Å². The molecule has 0 aliphatic rings. The first-order valence-corrected chi connectivity index (χ1v) is 10.8. The average Bonchev–Trinajstić information content (AvgIpc) is 2.77. The second-order valence-electron chi connectivity index (χ2n) is 7.32. The van der Waals surface area contributed by atoms with Gasteiger partial charge in [-0.25, -0.2) is 8.78 Å². The van der Waals surface area contributed by atoms with Crippen LogP contribution in [0.3, 0.4) is 0 Å². The first kappa shape index (κ1) is 22.6. The number of benzene rings is 3. The first-order chi connectivity index (χ1) is 15.1. The van der Waals surface area contributed by atoms with Gasteiger partial charge in [-0.3, -0.25) is 0 Å². The van der Waals surface area contributed by atoms with Crippen LogP contribution in [0.15, 0.2) is 65.7 Å². The zero-order valence-electron chi connectivity index (χ0n) is 17.4. The molecule has 156 valence electrons. The molecule has 0 heterocycles. The lowest BCUT2D eigenvalue weighted by Gasteiger charge is -2.05. The molecule has 0 aliphatic carbocycles. The minimum Gasteiger partial charge on any atom is -0.205 e. The van der Waals surface area contributed by atoms with Crippen molar-refractivity contribution in [2.24, 2.45) is 4.99 Å². The molecule has 0 spiro atoms. The Morgan fingerprint density at radius 1 is 0.806 bits per heavy atom. The lowest BCUT2D eigenvalue weighted by Crippen LogP contribution is -1.90. The maximum atomic E-state index is 14.1. The molecule has 0 aliphatic heterocycles. The maximum Gasteiger partial charge on any atom is 0.143 e. The molecule has 0 unspecified atom stereocenters. The Labute approximate surface area is 187 Å². The number of aliphatic imine (C=N–C) groups is 1. The van der Waals surface area contributed by atoms with E-state index in [1.165, 1.54) is 31.2 Å². The monoisotopic (exact) mass is 431 g/mol. The van der Waals surface area contributed by atoms with Gasteiger partial charge < -0.3 is 0 Å². The zero-order chi connectivity index (χ0) is 22.1. The summed E-state index contributed by atoms with van der Waals surface area (Å²) in [6, 6.07) is 18.4. The summed E-state index contributed by atoms with van der Waals surface area (Å²) in [5.74, 6) is 3.84. The lowest BCUT2D eigenvalue weighted by atomic mass is 10.0. The Morgan fingerprint density at radius 3 is 2.00 bits per heavy atom. The Morgan fingerprint density at radius 2 is 1.42 bits per heavy atom. The minimum absolute atomic E-state index is 0.0758. The predicted octanol–water partition coefficient (Wildman–Crippen LogP) is 7.89. The second kappa shape index (κ2) is 11.3. The third-order valence-corrected chi connectivity index (χ3v) is 5.12. The fourth-order valence-electron chi connectivity index (χ4n) is 3.30. The van der Waals surface area contributed by atoms with Crippen molar-refractivity contribution >= 4 is 23.1 Å². The highest BCUT2D eigenvalue weighted by Crippen LogP contribution is 2.22. The quantitative estimate of drug-likeness (QED) is 0.160. The number of hydrogen-bond acceptors (Lipinski definition) is 2. The zero-order valence-corrected chi connectivity index (χ0v) is 18.2. The number of isothiocyanates is 1. The summed E-state index contributed by atoms with van der Waals surface area (Å²) in [4.78, 5) is 3.59. The van der Waals surface area contributed by atoms with Crippen molar-refractivity contribution < 1.29 is 8.78 Å². The summed E-state index contributed by atoms with van der Waals surface area (Å²) in [6.45, 7) is 2.22. The summed E-state index contributed by atoms with van der Waals surface area (Å²) < 4.78 is 28.2. The van der Waals surface area contributed by atoms with Gasteiger partial charge in [0.25, 0.3) is 0 Å². The van der Waals surface area contributed by atoms with Crippen LogP contribution in [0.2, 0.25) is 0 Å². The van der Waals surface area contributed by atoms with Crippen LogP contribution in [0.4, 0.5) is 14.5 Å². The van der Waals surface area contributed by atoms with E-state index in [0.29, 0.717) is 5.56 Å². The normalized spacial score (nSPS) is 10.2. The van der Waals surface area contributed by atoms with E-state index in [-0.39, 0.29) is 11.3 Å². The molecule has 0 N–H and O–H groups in total. The van der Waals surface area contributed by atoms with E-state index in [1.807, 2.05) is 24.3 Å². The molecule has 0 saturated carbocycles. The van der Waals surface area contributed by atoms with Gasteiger partial charge in [0.1, 0.15) is 11.6 Å². The molecular weight excluding hydrogens is 408 g/mol. The van der Waals surface area contributed by atoms with Gasteiger partial charge in [0.05, 0.1) is 16.4 Å². The number of unbranched alkanes of at least 4 members (excludes halogenated alkanes) is 3. The van der Waals surface area contributed by atoms with Crippen LogP contribution in [0, 0.1) is 23.5 Å². The van der Waals surface area contributed by atoms with Crippen LogP contribution in [0.25, 0.3) is 11.1 Å². The van der Waals surface area contributed by atoms with Gasteiger partial charge in [-0.1, -0.05) is 74.4 Å². The third kappa shape index (κ3) is 6.43. The molecule has 0 amide bonds. The molecular formula is C27H23F2NS. The summed E-state index contributed by atoms with van der Waals surface area (Å²) in [5.41, 5.74) is 4.02. The standard InChI is InChI=1S/C27H23F2NS/c1-2-3-4-5-6-20-7-12-22(13-8-20)23-14-9-21(10-15-23)11-16-25-26(28)17-24(30-19-31)18-27(25)29/h7-10,12-15,17-18H,2-6H2,1H3. The third-order valence-electron chi connectivity index (χ3n) is 5.02. The second-order valence-corrected chi connectivity index (χ2v) is 7.51. The summed E-state index contributed by atoms with van der Waals surface area (Å²) in [7, 11) is 0. The molecule has 31 heavy (non-hydrogen) atoms. The molecule has 3 aromatic rings. The molecule has 0 bridgehead atoms. The van der Waals surface area contributed by atoms with Crippen LogP contribution in [-0.4, -0.2) is 5.16 Å². The van der Waals surface area contributed by atoms with Gasteiger partial charge in [-0.2, -0.15) is 4.99 Å². The fraction of sp³-hybridized carbons (Fsp3) is 0.222. The van der Waals surface area contributed by atoms with Crippen LogP contribution in [-0.2, 0) is 6.42 Å². The number of thiocarbonyl (C=S) groups is 1. The van der Waals surface area contributed by atoms with Gasteiger partial charge >= 0.3 is 0 Å². The van der Waals surface area contributed by atoms with E-state index in [2.05, 4.69) is 65.4 Å². The Hall–Kier alpha value is -3.12. The van der Waals surface area contributed by atoms with Crippen molar-refractivity contribution in [1.29, 1.82) is 0 Å². The fourth-order valence-corrected chi connectivity index (χ4v) is 3.40. The molecule has 0 fully saturated rings. The van der Waals surface area contributed by atoms with Crippen LogP contribution >= 0.6 is 12.2 Å². The highest BCUT2D eigenvalue weighted by Gasteiger charge is 2.08. The van der Waals surface area contributed by atoms with Gasteiger partial charge in [0, 0.05) is 17.7 Å². The lowest BCUT2D eigenvalue weighted by molar-refractivity contribution is 0.578. The molecule has 3 aromatic carbocycles. The SMILES string of the molecule is CCCCCCc1ccc(-c2ccc(C#Cc3c(F)cc(N=C=S)cc3F)cc2)cc1. The van der Waals surface area contributed by atoms with E-state index in [0.717, 1.165) is 29.7 Å². The number of aryl methyl sites for hydroxylation is 1. The van der Waals surface area contributed by atoms with Crippen molar-refractivity contribution in [3.63, 3.8) is 0 Å². The molecule has 0 saturated heterocycles. The minimum atomic E-state index is -0.775. The molecule has 1 nitrogen and oxygen atoms in total. The molecule has 0 atom stereocenters. The average molecular weight is 432 g/mol. The van der Waals surface area contributed by atoms with Crippen LogP contribution in [0.1, 0.15) is 49.3 Å². The van der Waals surface area contributed by atoms with Crippen molar-refractivity contribution in [2.75, 3.05) is 0 Å². The molecule has 4 heteroatoms. The first-order valence-electron chi connectivity index (χ1n) is 10.4. The van der Waals surface area contributed by atoms with Crippen molar-refractivity contribution in [1.82, 2.24) is 0 Å². The number of hydrogen-bond donors (Lipinski definition) is 0. The molecule has 0 aromatic heterocycles. The van der Waals surface area contributed by atoms with E-state index in [9.17, 15) is 8.78 Å². The van der Waals surface area contributed by atoms with Crippen LogP contribution in [0.5, 0.6) is 0 Å². The summed E-state index contributed by atoms with van der Waals surface area (Å²) in [6.07, 6.45) is 6.16. The summed E-state index contributed by atoms with van der Waals surface area (Å²) >= 11 is 4.46. The van der Waals surface area contributed by atoms with Crippen molar-refractivity contribution in [2.45, 2.75) is 39.0 Å².